The van der Waals surface area contributed by atoms with E-state index in [9.17, 15) is 31.5 Å². The number of alkyl halides is 5. The quantitative estimate of drug-likeness (QED) is 0.227. The van der Waals surface area contributed by atoms with E-state index in [0.717, 1.165) is 12.8 Å². The highest BCUT2D eigenvalue weighted by Gasteiger charge is 2.55. The van der Waals surface area contributed by atoms with Gasteiger partial charge in [-0.1, -0.05) is 5.16 Å². The van der Waals surface area contributed by atoms with E-state index in [1.807, 2.05) is 0 Å². The maximum absolute atomic E-state index is 14.1. The molecule has 0 aromatic carbocycles. The summed E-state index contributed by atoms with van der Waals surface area (Å²) in [6, 6.07) is -1.18. The van der Waals surface area contributed by atoms with Crippen molar-refractivity contribution in [2.45, 2.75) is 101 Å². The van der Waals surface area contributed by atoms with Gasteiger partial charge in [0.1, 0.15) is 11.7 Å². The van der Waals surface area contributed by atoms with Crippen molar-refractivity contribution in [1.29, 1.82) is 0 Å². The monoisotopic (exact) mass is 677 g/mol. The van der Waals surface area contributed by atoms with Gasteiger partial charge in [-0.05, 0) is 67.7 Å². The van der Waals surface area contributed by atoms with Gasteiger partial charge in [-0.2, -0.15) is 18.3 Å². The Balaban J connectivity index is 1.17. The Morgan fingerprint density at radius 2 is 1.94 bits per heavy atom. The van der Waals surface area contributed by atoms with Crippen LogP contribution in [0.15, 0.2) is 27.5 Å². The van der Waals surface area contributed by atoms with E-state index in [1.165, 1.54) is 10.7 Å². The Hall–Kier alpha value is -4.51. The standard InChI is InChI=1S/C30H32F5N9O4/c1-15-40-41-22(47-15)6-7-28(12-20(30(33,34)35)38-27(28)46)11-16-10-21-37-19(14-44(21)36-13-16)23(18-4-8-29(31,32)9-5-18)39-26(45)25-24(17-2-3-17)42-48-43-25/h10,13-14,17-18,20,23H,2-9,11-12H2,1H3,(H,38,46)(H,39,45)/t20-,23-,28-/m0/s1. The first-order chi connectivity index (χ1) is 22.8. The largest absolute Gasteiger partial charge is 0.426 e. The minimum absolute atomic E-state index is 0.0120. The van der Waals surface area contributed by atoms with E-state index < -0.39 is 47.8 Å². The number of fused-ring (bicyclic) bond motifs is 1. The SMILES string of the molecule is Cc1nnc(CC[C@]2(Cc3cnn4cc([C@@H](NC(=O)c5nonc5C5CC5)C5CCC(F)(F)CC5)nc4c3)C[C@@H](C(F)(F)F)NC2=O)o1. The minimum Gasteiger partial charge on any atom is -0.426 e. The molecule has 2 amide bonds. The number of halogens is 5. The molecule has 5 heterocycles. The average Bonchev–Trinajstić information content (AvgIpc) is 3.34. The van der Waals surface area contributed by atoms with Crippen molar-refractivity contribution >= 4 is 17.5 Å². The molecule has 7 rings (SSSR count). The van der Waals surface area contributed by atoms with Crippen LogP contribution in [0.1, 0.15) is 103 Å². The molecule has 3 atom stereocenters. The first kappa shape index (κ1) is 32.1. The fraction of sp³-hybridized carbons (Fsp3) is 0.600. The van der Waals surface area contributed by atoms with Crippen molar-refractivity contribution in [2.75, 3.05) is 0 Å². The summed E-state index contributed by atoms with van der Waals surface area (Å²) in [6.07, 6.45) is -0.789. The van der Waals surface area contributed by atoms with Crippen LogP contribution in [0.3, 0.4) is 0 Å². The van der Waals surface area contributed by atoms with Gasteiger partial charge >= 0.3 is 6.18 Å². The van der Waals surface area contributed by atoms with E-state index in [0.29, 0.717) is 28.5 Å². The molecule has 0 spiro atoms. The number of imidazole rings is 1. The van der Waals surface area contributed by atoms with Crippen molar-refractivity contribution < 1.29 is 40.6 Å². The molecule has 2 aliphatic carbocycles. The zero-order chi connectivity index (χ0) is 33.8. The van der Waals surface area contributed by atoms with E-state index >= 15 is 0 Å². The second-order valence-corrected chi connectivity index (χ2v) is 13.2. The summed E-state index contributed by atoms with van der Waals surface area (Å²) in [4.78, 5) is 31.3. The number of hydrogen-bond acceptors (Lipinski definition) is 10. The van der Waals surface area contributed by atoms with E-state index in [2.05, 4.69) is 41.2 Å². The van der Waals surface area contributed by atoms with Gasteiger partial charge < -0.3 is 15.1 Å². The van der Waals surface area contributed by atoms with Gasteiger partial charge in [0, 0.05) is 32.1 Å². The maximum atomic E-state index is 14.1. The lowest BCUT2D eigenvalue weighted by Crippen LogP contribution is -2.39. The Bertz CT molecular complexity index is 1820. The number of aryl methyl sites for hydroxylation is 2. The first-order valence-electron chi connectivity index (χ1n) is 15.8. The van der Waals surface area contributed by atoms with Crippen molar-refractivity contribution in [3.63, 3.8) is 0 Å². The summed E-state index contributed by atoms with van der Waals surface area (Å²) in [5.41, 5.74) is 0.172. The zero-order valence-electron chi connectivity index (χ0n) is 25.8. The summed E-state index contributed by atoms with van der Waals surface area (Å²) in [5, 5.41) is 24.8. The molecule has 0 unspecified atom stereocenters. The van der Waals surface area contributed by atoms with Crippen LogP contribution in [-0.2, 0) is 17.6 Å². The number of hydrogen-bond donors (Lipinski definition) is 2. The molecule has 1 saturated heterocycles. The molecule has 3 fully saturated rings. The molecule has 3 aliphatic rings. The highest BCUT2D eigenvalue weighted by atomic mass is 19.4. The second-order valence-electron chi connectivity index (χ2n) is 13.2. The normalized spacial score (nSPS) is 23.8. The lowest BCUT2D eigenvalue weighted by Gasteiger charge is -2.33. The molecule has 256 valence electrons. The fourth-order valence-corrected chi connectivity index (χ4v) is 6.87. The van der Waals surface area contributed by atoms with Gasteiger partial charge in [-0.3, -0.25) is 9.59 Å². The minimum atomic E-state index is -4.64. The average molecular weight is 678 g/mol. The predicted octanol–water partition coefficient (Wildman–Crippen LogP) is 4.59. The van der Waals surface area contributed by atoms with E-state index in [1.54, 1.807) is 19.2 Å². The zero-order valence-corrected chi connectivity index (χ0v) is 25.8. The third-order valence-corrected chi connectivity index (χ3v) is 9.63. The van der Waals surface area contributed by atoms with Crippen LogP contribution >= 0.6 is 0 Å². The van der Waals surface area contributed by atoms with E-state index in [-0.39, 0.29) is 68.4 Å². The summed E-state index contributed by atoms with van der Waals surface area (Å²) >= 11 is 0. The Morgan fingerprint density at radius 3 is 2.60 bits per heavy atom. The summed E-state index contributed by atoms with van der Waals surface area (Å²) in [5.74, 6) is -3.89. The smallest absolute Gasteiger partial charge is 0.408 e. The van der Waals surface area contributed by atoms with Gasteiger partial charge in [-0.15, -0.1) is 10.2 Å². The molecular weight excluding hydrogens is 645 g/mol. The topological polar surface area (TPSA) is 166 Å². The Kier molecular flexibility index (Phi) is 7.93. The molecule has 1 aliphatic heterocycles. The fourth-order valence-electron chi connectivity index (χ4n) is 6.87. The number of carbonyl (C=O) groups is 2. The third kappa shape index (κ3) is 6.48. The molecule has 0 bridgehead atoms. The van der Waals surface area contributed by atoms with Crippen molar-refractivity contribution in [2.24, 2.45) is 11.3 Å². The number of rotatable bonds is 10. The molecule has 4 aromatic rings. The van der Waals surface area contributed by atoms with Crippen LogP contribution in [-0.4, -0.2) is 65.1 Å². The number of carbonyl (C=O) groups excluding carboxylic acids is 2. The molecule has 18 heteroatoms. The second kappa shape index (κ2) is 11.9. The molecule has 48 heavy (non-hydrogen) atoms. The number of amides is 2. The summed E-state index contributed by atoms with van der Waals surface area (Å²) in [6.45, 7) is 1.59. The van der Waals surface area contributed by atoms with Crippen molar-refractivity contribution in [1.82, 2.24) is 45.7 Å². The molecule has 13 nitrogen and oxygen atoms in total. The predicted molar refractivity (Wildman–Crippen MR) is 152 cm³/mol. The first-order valence-corrected chi connectivity index (χ1v) is 15.8. The van der Waals surface area contributed by atoms with Crippen molar-refractivity contribution in [3.05, 3.63) is 52.9 Å². The molecule has 0 radical (unpaired) electrons. The number of nitrogens with one attached hydrogen (secondary N) is 2. The van der Waals surface area contributed by atoms with Crippen molar-refractivity contribution in [3.8, 4) is 0 Å². The molecule has 2 saturated carbocycles. The molecular formula is C30H32F5N9O4. The summed E-state index contributed by atoms with van der Waals surface area (Å²) < 4.78 is 81.1. The maximum Gasteiger partial charge on any atom is 0.408 e. The van der Waals surface area contributed by atoms with Crippen LogP contribution in [0.2, 0.25) is 0 Å². The van der Waals surface area contributed by atoms with E-state index in [4.69, 9.17) is 9.05 Å². The van der Waals surface area contributed by atoms with Crippen LogP contribution < -0.4 is 10.6 Å². The Labute approximate surface area is 269 Å². The van der Waals surface area contributed by atoms with Crippen LogP contribution in [0.4, 0.5) is 22.0 Å². The molecule has 4 aromatic heterocycles. The third-order valence-electron chi connectivity index (χ3n) is 9.63. The van der Waals surface area contributed by atoms with Gasteiger partial charge in [0.25, 0.3) is 5.91 Å². The lowest BCUT2D eigenvalue weighted by atomic mass is 9.75. The van der Waals surface area contributed by atoms with Gasteiger partial charge in [-0.25, -0.2) is 22.9 Å². The summed E-state index contributed by atoms with van der Waals surface area (Å²) in [7, 11) is 0. The lowest BCUT2D eigenvalue weighted by molar-refractivity contribution is -0.155. The number of nitrogens with zero attached hydrogens (tertiary/aromatic N) is 7. The Morgan fingerprint density at radius 1 is 1.17 bits per heavy atom. The van der Waals surface area contributed by atoms with Gasteiger partial charge in [0.2, 0.25) is 23.6 Å². The van der Waals surface area contributed by atoms with Gasteiger partial charge in [0.15, 0.2) is 11.3 Å². The highest BCUT2D eigenvalue weighted by molar-refractivity contribution is 5.93. The van der Waals surface area contributed by atoms with Gasteiger partial charge in [0.05, 0.1) is 29.5 Å². The van der Waals surface area contributed by atoms with Crippen LogP contribution in [0, 0.1) is 18.3 Å². The number of aromatic nitrogens is 7. The highest BCUT2D eigenvalue weighted by Crippen LogP contribution is 2.44. The van der Waals surface area contributed by atoms with Crippen LogP contribution in [0.5, 0.6) is 0 Å². The van der Waals surface area contributed by atoms with Crippen LogP contribution in [0.25, 0.3) is 5.65 Å². The molecule has 2 N–H and O–H groups in total.